The van der Waals surface area contributed by atoms with E-state index in [-0.39, 0.29) is 5.91 Å². The maximum absolute atomic E-state index is 12.0. The van der Waals surface area contributed by atoms with Crippen LogP contribution in [0.25, 0.3) is 6.08 Å². The first kappa shape index (κ1) is 16.1. The molecule has 0 aliphatic carbocycles. The van der Waals surface area contributed by atoms with Crippen molar-refractivity contribution in [3.05, 3.63) is 39.9 Å². The Hall–Kier alpha value is -1.27. The minimum absolute atomic E-state index is 0.382. The summed E-state index contributed by atoms with van der Waals surface area (Å²) in [7, 11) is 0. The molecule has 6 heteroatoms. The molecule has 21 heavy (non-hydrogen) atoms. The van der Waals surface area contributed by atoms with Crippen molar-refractivity contribution in [3.63, 3.8) is 0 Å². The van der Waals surface area contributed by atoms with Gasteiger partial charge in [-0.15, -0.1) is 0 Å². The van der Waals surface area contributed by atoms with Crippen LogP contribution in [-0.4, -0.2) is 34.0 Å². The number of amides is 1. The van der Waals surface area contributed by atoms with Gasteiger partial charge in [0.1, 0.15) is 5.54 Å². The highest BCUT2D eigenvalue weighted by Crippen LogP contribution is 2.28. The molecule has 0 saturated carbocycles. The van der Waals surface area contributed by atoms with Crippen molar-refractivity contribution in [2.45, 2.75) is 18.9 Å². The molecule has 1 heterocycles. The normalized spacial score (nSPS) is 21.6. The average Bonchev–Trinajstić information content (AvgIpc) is 2.87. The Kier molecular flexibility index (Phi) is 5.11. The highest BCUT2D eigenvalue weighted by atomic mass is 79.9. The van der Waals surface area contributed by atoms with Crippen molar-refractivity contribution in [1.82, 2.24) is 5.32 Å². The van der Waals surface area contributed by atoms with E-state index in [1.165, 1.54) is 6.08 Å². The molecule has 1 aliphatic rings. The molecule has 1 fully saturated rings. The van der Waals surface area contributed by atoms with E-state index >= 15 is 0 Å². The van der Waals surface area contributed by atoms with Gasteiger partial charge in [0.05, 0.1) is 0 Å². The average molecular weight is 370 g/mol. The summed E-state index contributed by atoms with van der Waals surface area (Å²) in [5, 5.41) is 11.9. The molecule has 0 radical (unpaired) electrons. The van der Waals surface area contributed by atoms with Gasteiger partial charge in [0, 0.05) is 16.3 Å². The summed E-state index contributed by atoms with van der Waals surface area (Å²) in [6, 6.07) is 5.82. The number of hydrogen-bond acceptors (Lipinski definition) is 3. The Bertz CT molecular complexity index is 595. The van der Waals surface area contributed by atoms with Crippen molar-refractivity contribution in [1.29, 1.82) is 0 Å². The molecule has 0 spiro atoms. The van der Waals surface area contributed by atoms with Gasteiger partial charge in [-0.3, -0.25) is 4.79 Å². The van der Waals surface area contributed by atoms with Crippen molar-refractivity contribution in [2.24, 2.45) is 0 Å². The first-order valence-corrected chi connectivity index (χ1v) is 8.45. The summed E-state index contributed by atoms with van der Waals surface area (Å²) >= 11 is 4.98. The van der Waals surface area contributed by atoms with E-state index in [1.807, 2.05) is 25.1 Å². The molecule has 1 saturated heterocycles. The lowest BCUT2D eigenvalue weighted by molar-refractivity contribution is -0.145. The lowest BCUT2D eigenvalue weighted by Crippen LogP contribution is -2.54. The van der Waals surface area contributed by atoms with Gasteiger partial charge in [0.25, 0.3) is 0 Å². The quantitative estimate of drug-likeness (QED) is 0.800. The molecule has 112 valence electrons. The van der Waals surface area contributed by atoms with Crippen LogP contribution in [0.5, 0.6) is 0 Å². The van der Waals surface area contributed by atoms with E-state index in [4.69, 9.17) is 0 Å². The van der Waals surface area contributed by atoms with Gasteiger partial charge in [-0.05, 0) is 42.4 Å². The molecule has 1 unspecified atom stereocenters. The third-order valence-electron chi connectivity index (χ3n) is 3.36. The van der Waals surface area contributed by atoms with Crippen LogP contribution in [-0.2, 0) is 9.59 Å². The summed E-state index contributed by atoms with van der Waals surface area (Å²) in [5.41, 5.74) is 0.869. The second-order valence-electron chi connectivity index (χ2n) is 5.04. The Morgan fingerprint density at radius 3 is 2.81 bits per heavy atom. The fourth-order valence-electron chi connectivity index (χ4n) is 2.10. The van der Waals surface area contributed by atoms with E-state index in [0.717, 1.165) is 21.4 Å². The van der Waals surface area contributed by atoms with E-state index in [2.05, 4.69) is 21.2 Å². The highest BCUT2D eigenvalue weighted by molar-refractivity contribution is 9.10. The Morgan fingerprint density at radius 2 is 2.24 bits per heavy atom. The first-order chi connectivity index (χ1) is 9.93. The molecule has 1 aliphatic heterocycles. The van der Waals surface area contributed by atoms with Crippen molar-refractivity contribution >= 4 is 45.6 Å². The number of hydrogen-bond donors (Lipinski definition) is 2. The van der Waals surface area contributed by atoms with Crippen molar-refractivity contribution in [2.75, 3.05) is 11.5 Å². The number of carboxylic acids is 1. The predicted octanol–water partition coefficient (Wildman–Crippen LogP) is 2.85. The SMILES string of the molecule is Cc1ccc(C=CC(=O)NC2(C(=O)O)CCSC2)c(Br)c1. The zero-order valence-electron chi connectivity index (χ0n) is 11.6. The second kappa shape index (κ2) is 6.66. The number of rotatable bonds is 4. The van der Waals surface area contributed by atoms with Gasteiger partial charge in [-0.25, -0.2) is 4.79 Å². The molecule has 0 bridgehead atoms. The summed E-state index contributed by atoms with van der Waals surface area (Å²) in [5.74, 6) is -0.186. The predicted molar refractivity (Wildman–Crippen MR) is 88.4 cm³/mol. The molecule has 1 aromatic carbocycles. The molecule has 2 rings (SSSR count). The fourth-order valence-corrected chi connectivity index (χ4v) is 4.05. The standard InChI is InChI=1S/C15H16BrNO3S/c1-10-2-3-11(12(16)8-10)4-5-13(18)17-15(14(19)20)6-7-21-9-15/h2-5,8H,6-7,9H2,1H3,(H,17,18)(H,19,20). The molecule has 0 aromatic heterocycles. The summed E-state index contributed by atoms with van der Waals surface area (Å²) in [4.78, 5) is 23.3. The number of aliphatic carboxylic acids is 1. The zero-order valence-corrected chi connectivity index (χ0v) is 14.0. The van der Waals surface area contributed by atoms with Gasteiger partial charge in [0.15, 0.2) is 0 Å². The van der Waals surface area contributed by atoms with Gasteiger partial charge in [-0.1, -0.05) is 28.1 Å². The number of carboxylic acid groups (broad SMARTS) is 1. The third kappa shape index (κ3) is 3.89. The van der Waals surface area contributed by atoms with Crippen LogP contribution < -0.4 is 5.32 Å². The van der Waals surface area contributed by atoms with Crippen LogP contribution >= 0.6 is 27.7 Å². The van der Waals surface area contributed by atoms with Gasteiger partial charge >= 0.3 is 5.97 Å². The number of thioether (sulfide) groups is 1. The van der Waals surface area contributed by atoms with E-state index in [1.54, 1.807) is 17.8 Å². The first-order valence-electron chi connectivity index (χ1n) is 6.50. The van der Waals surface area contributed by atoms with E-state index < -0.39 is 11.5 Å². The van der Waals surface area contributed by atoms with Crippen molar-refractivity contribution in [3.8, 4) is 0 Å². The monoisotopic (exact) mass is 369 g/mol. The lowest BCUT2D eigenvalue weighted by Gasteiger charge is -2.23. The Morgan fingerprint density at radius 1 is 1.48 bits per heavy atom. The number of benzene rings is 1. The molecule has 2 N–H and O–H groups in total. The Labute approximate surface area is 136 Å². The van der Waals surface area contributed by atoms with Crippen LogP contribution in [0, 0.1) is 6.92 Å². The third-order valence-corrected chi connectivity index (χ3v) is 5.24. The molecule has 1 aromatic rings. The smallest absolute Gasteiger partial charge is 0.330 e. The van der Waals surface area contributed by atoms with Crippen LogP contribution in [0.3, 0.4) is 0 Å². The number of halogens is 1. The number of carbonyl (C=O) groups excluding carboxylic acids is 1. The van der Waals surface area contributed by atoms with Gasteiger partial charge in [-0.2, -0.15) is 11.8 Å². The molecule has 1 atom stereocenters. The molecule has 1 amide bonds. The number of carbonyl (C=O) groups is 2. The molecular formula is C15H16BrNO3S. The maximum Gasteiger partial charge on any atom is 0.330 e. The van der Waals surface area contributed by atoms with Crippen LogP contribution in [0.4, 0.5) is 0 Å². The summed E-state index contributed by atoms with van der Waals surface area (Å²) in [6.07, 6.45) is 3.51. The van der Waals surface area contributed by atoms with Gasteiger partial charge < -0.3 is 10.4 Å². The largest absolute Gasteiger partial charge is 0.479 e. The number of nitrogens with one attached hydrogen (secondary N) is 1. The van der Waals surface area contributed by atoms with Crippen LogP contribution in [0.1, 0.15) is 17.5 Å². The van der Waals surface area contributed by atoms with E-state index in [0.29, 0.717) is 12.2 Å². The fraction of sp³-hybridized carbons (Fsp3) is 0.333. The van der Waals surface area contributed by atoms with Crippen molar-refractivity contribution < 1.29 is 14.7 Å². The molecule has 4 nitrogen and oxygen atoms in total. The summed E-state index contributed by atoms with van der Waals surface area (Å²) < 4.78 is 0.899. The topological polar surface area (TPSA) is 66.4 Å². The second-order valence-corrected chi connectivity index (χ2v) is 7.00. The maximum atomic E-state index is 12.0. The Balaban J connectivity index is 2.07. The van der Waals surface area contributed by atoms with Gasteiger partial charge in [0.2, 0.25) is 5.91 Å². The lowest BCUT2D eigenvalue weighted by atomic mass is 9.99. The number of aryl methyl sites for hydroxylation is 1. The molecular weight excluding hydrogens is 354 g/mol. The minimum Gasteiger partial charge on any atom is -0.479 e. The zero-order chi connectivity index (χ0) is 15.5. The highest BCUT2D eigenvalue weighted by Gasteiger charge is 2.42. The van der Waals surface area contributed by atoms with Crippen LogP contribution in [0.15, 0.2) is 28.7 Å². The van der Waals surface area contributed by atoms with Crippen LogP contribution in [0.2, 0.25) is 0 Å². The van der Waals surface area contributed by atoms with E-state index in [9.17, 15) is 14.7 Å². The summed E-state index contributed by atoms with van der Waals surface area (Å²) in [6.45, 7) is 1.99. The minimum atomic E-state index is -1.13.